The van der Waals surface area contributed by atoms with Crippen molar-refractivity contribution in [1.29, 1.82) is 0 Å². The molecule has 2 aromatic rings. The molecule has 2 rings (SSSR count). The lowest BCUT2D eigenvalue weighted by Crippen LogP contribution is -2.12. The van der Waals surface area contributed by atoms with Crippen LogP contribution in [0.4, 0.5) is 11.8 Å². The molecule has 0 bridgehead atoms. The van der Waals surface area contributed by atoms with E-state index in [4.69, 9.17) is 5.84 Å². The van der Waals surface area contributed by atoms with Crippen molar-refractivity contribution in [2.75, 3.05) is 10.7 Å². The monoisotopic (exact) mass is 243 g/mol. The molecule has 1 aromatic carbocycles. The molecule has 94 valence electrons. The van der Waals surface area contributed by atoms with Gasteiger partial charge in [0.15, 0.2) is 0 Å². The van der Waals surface area contributed by atoms with Gasteiger partial charge in [0, 0.05) is 18.3 Å². The van der Waals surface area contributed by atoms with Crippen LogP contribution >= 0.6 is 0 Å². The predicted octanol–water partition coefficient (Wildman–Crippen LogP) is 1.99. The van der Waals surface area contributed by atoms with E-state index in [2.05, 4.69) is 51.9 Å². The Kier molecular flexibility index (Phi) is 3.74. The first-order chi connectivity index (χ1) is 8.67. The minimum atomic E-state index is 0.418. The highest BCUT2D eigenvalue weighted by molar-refractivity contribution is 5.42. The van der Waals surface area contributed by atoms with E-state index in [1.54, 1.807) is 0 Å². The largest absolute Gasteiger partial charge is 0.366 e. The van der Waals surface area contributed by atoms with Crippen LogP contribution in [0.25, 0.3) is 0 Å². The second-order valence-electron chi connectivity index (χ2n) is 4.20. The molecule has 0 aliphatic heterocycles. The summed E-state index contributed by atoms with van der Waals surface area (Å²) in [6.45, 7) is 4.70. The molecule has 0 saturated carbocycles. The zero-order chi connectivity index (χ0) is 13.0. The number of aryl methyl sites for hydroxylation is 2. The van der Waals surface area contributed by atoms with Gasteiger partial charge in [-0.25, -0.2) is 10.8 Å². The van der Waals surface area contributed by atoms with Crippen LogP contribution in [0.3, 0.4) is 0 Å². The second-order valence-corrected chi connectivity index (χ2v) is 4.20. The van der Waals surface area contributed by atoms with Crippen LogP contribution in [-0.2, 0) is 6.54 Å². The third-order valence-electron chi connectivity index (χ3n) is 2.58. The van der Waals surface area contributed by atoms with Crippen molar-refractivity contribution in [2.45, 2.75) is 20.4 Å². The van der Waals surface area contributed by atoms with Crippen LogP contribution in [0.1, 0.15) is 16.8 Å². The first-order valence-electron chi connectivity index (χ1n) is 5.79. The Morgan fingerprint density at radius 2 is 1.83 bits per heavy atom. The highest BCUT2D eigenvalue weighted by atomic mass is 15.3. The van der Waals surface area contributed by atoms with Crippen LogP contribution in [0.2, 0.25) is 0 Å². The average Bonchev–Trinajstić information content (AvgIpc) is 2.37. The zero-order valence-electron chi connectivity index (χ0n) is 10.6. The maximum absolute atomic E-state index is 5.31. The Hall–Kier alpha value is -2.14. The number of nitrogens with zero attached hydrogens (tertiary/aromatic N) is 2. The first-order valence-corrected chi connectivity index (χ1v) is 5.79. The summed E-state index contributed by atoms with van der Waals surface area (Å²) in [5, 5.41) is 3.25. The van der Waals surface area contributed by atoms with Crippen molar-refractivity contribution in [2.24, 2.45) is 5.84 Å². The molecule has 0 aliphatic rings. The second kappa shape index (κ2) is 5.46. The topological polar surface area (TPSA) is 75.9 Å². The van der Waals surface area contributed by atoms with E-state index in [-0.39, 0.29) is 0 Å². The standard InChI is InChI=1S/C13H17N5/c1-9-3-5-11(6-4-9)8-15-12-7-10(2)16-13(17-12)18-14/h3-7H,8,14H2,1-2H3,(H2,15,16,17,18). The SMILES string of the molecule is Cc1ccc(CNc2cc(C)nc(NN)n2)cc1. The fourth-order valence-corrected chi connectivity index (χ4v) is 1.62. The quantitative estimate of drug-likeness (QED) is 0.565. The molecule has 0 fully saturated rings. The van der Waals surface area contributed by atoms with Gasteiger partial charge in [-0.2, -0.15) is 4.98 Å². The van der Waals surface area contributed by atoms with Gasteiger partial charge in [-0.05, 0) is 19.4 Å². The summed E-state index contributed by atoms with van der Waals surface area (Å²) in [4.78, 5) is 8.36. The zero-order valence-corrected chi connectivity index (χ0v) is 10.6. The maximum atomic E-state index is 5.31. The minimum absolute atomic E-state index is 0.418. The number of aromatic nitrogens is 2. The molecule has 0 saturated heterocycles. The molecule has 4 N–H and O–H groups in total. The number of hydrogen-bond acceptors (Lipinski definition) is 5. The molecular formula is C13H17N5. The van der Waals surface area contributed by atoms with Crippen molar-refractivity contribution in [3.8, 4) is 0 Å². The molecule has 0 amide bonds. The smallest absolute Gasteiger partial charge is 0.239 e. The van der Waals surface area contributed by atoms with Gasteiger partial charge < -0.3 is 5.32 Å². The lowest BCUT2D eigenvalue weighted by Gasteiger charge is -2.08. The Bertz CT molecular complexity index is 521. The Morgan fingerprint density at radius 3 is 2.50 bits per heavy atom. The molecule has 0 spiro atoms. The van der Waals surface area contributed by atoms with Gasteiger partial charge in [-0.3, -0.25) is 5.43 Å². The number of nitrogens with one attached hydrogen (secondary N) is 2. The molecular weight excluding hydrogens is 226 g/mol. The number of hydrazine groups is 1. The van der Waals surface area contributed by atoms with Gasteiger partial charge >= 0.3 is 0 Å². The Balaban J connectivity index is 2.05. The number of nitrogens with two attached hydrogens (primary N) is 1. The van der Waals surface area contributed by atoms with Gasteiger partial charge in [0.25, 0.3) is 0 Å². The molecule has 1 aromatic heterocycles. The molecule has 0 unspecified atom stereocenters. The van der Waals surface area contributed by atoms with Crippen molar-refractivity contribution in [1.82, 2.24) is 9.97 Å². The average molecular weight is 243 g/mol. The van der Waals surface area contributed by atoms with Gasteiger partial charge in [0.1, 0.15) is 5.82 Å². The van der Waals surface area contributed by atoms with Crippen LogP contribution in [0.15, 0.2) is 30.3 Å². The molecule has 0 atom stereocenters. The van der Waals surface area contributed by atoms with Crippen LogP contribution in [-0.4, -0.2) is 9.97 Å². The van der Waals surface area contributed by atoms with Gasteiger partial charge in [-0.15, -0.1) is 0 Å². The van der Waals surface area contributed by atoms with Gasteiger partial charge in [0.2, 0.25) is 5.95 Å². The lowest BCUT2D eigenvalue weighted by molar-refractivity contribution is 1.04. The van der Waals surface area contributed by atoms with Crippen LogP contribution in [0, 0.1) is 13.8 Å². The number of benzene rings is 1. The highest BCUT2D eigenvalue weighted by Gasteiger charge is 2.00. The summed E-state index contributed by atoms with van der Waals surface area (Å²) in [7, 11) is 0. The van der Waals surface area contributed by atoms with Crippen molar-refractivity contribution in [3.05, 3.63) is 47.2 Å². The van der Waals surface area contributed by atoms with E-state index in [0.29, 0.717) is 5.95 Å². The Labute approximate surface area is 106 Å². The van der Waals surface area contributed by atoms with Crippen LogP contribution < -0.4 is 16.6 Å². The van der Waals surface area contributed by atoms with E-state index < -0.39 is 0 Å². The van der Waals surface area contributed by atoms with E-state index in [1.165, 1.54) is 11.1 Å². The van der Waals surface area contributed by atoms with E-state index in [9.17, 15) is 0 Å². The summed E-state index contributed by atoms with van der Waals surface area (Å²) in [6.07, 6.45) is 0. The van der Waals surface area contributed by atoms with Gasteiger partial charge in [-0.1, -0.05) is 29.8 Å². The number of nitrogen functional groups attached to an aromatic ring is 1. The number of hydrogen-bond donors (Lipinski definition) is 3. The summed E-state index contributed by atoms with van der Waals surface area (Å²) in [5.41, 5.74) is 5.78. The maximum Gasteiger partial charge on any atom is 0.239 e. The van der Waals surface area contributed by atoms with E-state index >= 15 is 0 Å². The Morgan fingerprint density at radius 1 is 1.11 bits per heavy atom. The fraction of sp³-hybridized carbons (Fsp3) is 0.231. The van der Waals surface area contributed by atoms with Crippen LogP contribution in [0.5, 0.6) is 0 Å². The van der Waals surface area contributed by atoms with Crippen molar-refractivity contribution in [3.63, 3.8) is 0 Å². The summed E-state index contributed by atoms with van der Waals surface area (Å²) in [5.74, 6) is 6.49. The molecule has 5 heteroatoms. The number of anilines is 2. The minimum Gasteiger partial charge on any atom is -0.366 e. The number of rotatable bonds is 4. The van der Waals surface area contributed by atoms with Gasteiger partial charge in [0.05, 0.1) is 0 Å². The third kappa shape index (κ3) is 3.18. The van der Waals surface area contributed by atoms with E-state index in [1.807, 2.05) is 13.0 Å². The molecule has 18 heavy (non-hydrogen) atoms. The van der Waals surface area contributed by atoms with Crippen molar-refractivity contribution < 1.29 is 0 Å². The molecule has 0 aliphatic carbocycles. The molecule has 0 radical (unpaired) electrons. The lowest BCUT2D eigenvalue weighted by atomic mass is 10.1. The van der Waals surface area contributed by atoms with E-state index in [0.717, 1.165) is 18.1 Å². The fourth-order valence-electron chi connectivity index (χ4n) is 1.62. The molecule has 5 nitrogen and oxygen atoms in total. The summed E-state index contributed by atoms with van der Waals surface area (Å²) in [6, 6.07) is 10.3. The normalized spacial score (nSPS) is 10.2. The summed E-state index contributed by atoms with van der Waals surface area (Å²) < 4.78 is 0. The summed E-state index contributed by atoms with van der Waals surface area (Å²) >= 11 is 0. The predicted molar refractivity (Wildman–Crippen MR) is 73.1 cm³/mol. The molecule has 1 heterocycles. The highest BCUT2D eigenvalue weighted by Crippen LogP contribution is 2.11. The first kappa shape index (κ1) is 12.3. The van der Waals surface area contributed by atoms with Crippen molar-refractivity contribution >= 4 is 11.8 Å². The third-order valence-corrected chi connectivity index (χ3v) is 2.58.